The highest BCUT2D eigenvalue weighted by atomic mass is 16.2. The summed E-state index contributed by atoms with van der Waals surface area (Å²) in [4.78, 5) is 19.0. The summed E-state index contributed by atoms with van der Waals surface area (Å²) in [5, 5.41) is 3.46. The molecule has 1 aromatic rings. The number of benzene rings is 1. The Bertz CT molecular complexity index is 904. The van der Waals surface area contributed by atoms with E-state index in [0.29, 0.717) is 6.42 Å². The van der Waals surface area contributed by atoms with Crippen LogP contribution in [0.15, 0.2) is 53.8 Å². The molecule has 0 spiro atoms. The molecule has 1 N–H and O–H groups in total. The van der Waals surface area contributed by atoms with E-state index in [2.05, 4.69) is 83.2 Å². The van der Waals surface area contributed by atoms with E-state index in [1.807, 2.05) is 25.7 Å². The van der Waals surface area contributed by atoms with Gasteiger partial charge in [0.25, 0.3) is 0 Å². The number of aryl methyl sites for hydroxylation is 1. The number of anilines is 1. The Kier molecular flexibility index (Phi) is 18.1. The summed E-state index contributed by atoms with van der Waals surface area (Å²) >= 11 is 0. The maximum atomic E-state index is 12.5. The van der Waals surface area contributed by atoms with E-state index >= 15 is 0 Å². The van der Waals surface area contributed by atoms with Crippen LogP contribution in [-0.4, -0.2) is 22.7 Å². The molecule has 208 valence electrons. The van der Waals surface area contributed by atoms with Crippen molar-refractivity contribution in [3.05, 3.63) is 60.0 Å². The molecule has 1 heterocycles. The molecule has 1 aliphatic rings. The largest absolute Gasteiger partial charge is 0.344 e. The molecule has 1 amide bonds. The summed E-state index contributed by atoms with van der Waals surface area (Å²) in [5.41, 5.74) is 6.35. The Morgan fingerprint density at radius 3 is 2.22 bits per heavy atom. The maximum absolute atomic E-state index is 12.5. The minimum absolute atomic E-state index is 0.123. The van der Waals surface area contributed by atoms with Gasteiger partial charge in [-0.15, -0.1) is 0 Å². The minimum atomic E-state index is 0.123. The quantitative estimate of drug-likeness (QED) is 0.238. The van der Waals surface area contributed by atoms with Gasteiger partial charge in [0.2, 0.25) is 5.91 Å². The molecule has 0 unspecified atom stereocenters. The molecule has 1 aliphatic heterocycles. The molecule has 2 rings (SSSR count). The van der Waals surface area contributed by atoms with E-state index in [1.54, 1.807) is 6.20 Å². The molecule has 0 bridgehead atoms. The lowest BCUT2D eigenvalue weighted by molar-refractivity contribution is -0.128. The number of carbonyl (C=O) groups is 1. The molecular weight excluding hydrogens is 454 g/mol. The van der Waals surface area contributed by atoms with Crippen LogP contribution in [0.4, 0.5) is 5.69 Å². The van der Waals surface area contributed by atoms with Crippen LogP contribution in [0.25, 0.3) is 5.57 Å². The third kappa shape index (κ3) is 11.1. The number of rotatable bonds is 11. The lowest BCUT2D eigenvalue weighted by Gasteiger charge is -2.26. The first kappa shape index (κ1) is 34.4. The molecular formula is C33H55N3O. The highest BCUT2D eigenvalue weighted by Crippen LogP contribution is 2.31. The second kappa shape index (κ2) is 19.5. The van der Waals surface area contributed by atoms with Crippen LogP contribution < -0.4 is 5.32 Å². The average molecular weight is 510 g/mol. The van der Waals surface area contributed by atoms with Crippen molar-refractivity contribution in [1.29, 1.82) is 0 Å². The average Bonchev–Trinajstić information content (AvgIpc) is 3.20. The third-order valence-corrected chi connectivity index (χ3v) is 6.54. The first-order chi connectivity index (χ1) is 17.8. The minimum Gasteiger partial charge on any atom is -0.344 e. The zero-order chi connectivity index (χ0) is 28.4. The normalized spacial score (nSPS) is 14.4. The molecule has 0 radical (unpaired) electrons. The second-order valence-corrected chi connectivity index (χ2v) is 9.28. The summed E-state index contributed by atoms with van der Waals surface area (Å²) in [6.07, 6.45) is 10.9. The van der Waals surface area contributed by atoms with Crippen molar-refractivity contribution in [1.82, 2.24) is 4.90 Å². The smallest absolute Gasteiger partial charge is 0.231 e. The van der Waals surface area contributed by atoms with Gasteiger partial charge < -0.3 is 10.2 Å². The van der Waals surface area contributed by atoms with Gasteiger partial charge in [-0.05, 0) is 61.8 Å². The van der Waals surface area contributed by atoms with Crippen molar-refractivity contribution in [2.75, 3.05) is 5.32 Å². The number of hydrogen-bond acceptors (Lipinski definition) is 2. The topological polar surface area (TPSA) is 44.7 Å². The lowest BCUT2D eigenvalue weighted by atomic mass is 9.98. The van der Waals surface area contributed by atoms with Gasteiger partial charge in [0, 0.05) is 29.2 Å². The number of hydrogen-bond donors (Lipinski definition) is 1. The van der Waals surface area contributed by atoms with Crippen molar-refractivity contribution in [2.24, 2.45) is 4.99 Å². The summed E-state index contributed by atoms with van der Waals surface area (Å²) in [7, 11) is 0. The predicted molar refractivity (Wildman–Crippen MR) is 166 cm³/mol. The number of carbonyl (C=O) groups excluding carboxylic acids is 1. The number of amidine groups is 1. The monoisotopic (exact) mass is 509 g/mol. The van der Waals surface area contributed by atoms with Gasteiger partial charge >= 0.3 is 0 Å². The van der Waals surface area contributed by atoms with Crippen LogP contribution >= 0.6 is 0 Å². The summed E-state index contributed by atoms with van der Waals surface area (Å²) < 4.78 is 0. The van der Waals surface area contributed by atoms with Gasteiger partial charge in [0.1, 0.15) is 5.84 Å². The zero-order valence-electron chi connectivity index (χ0n) is 25.5. The summed E-state index contributed by atoms with van der Waals surface area (Å²) in [6.45, 7) is 27.3. The summed E-state index contributed by atoms with van der Waals surface area (Å²) in [5.74, 6) is 0.914. The number of unbranched alkanes of at least 4 members (excludes halogenated alkanes) is 2. The van der Waals surface area contributed by atoms with Crippen molar-refractivity contribution in [3.8, 4) is 0 Å². The number of aliphatic imine (C=N–C) groups is 1. The molecule has 0 aromatic heterocycles. The number of likely N-dealkylation sites (tertiary alicyclic amines) is 1. The Balaban J connectivity index is 0.00000196. The fourth-order valence-electron chi connectivity index (χ4n) is 4.01. The van der Waals surface area contributed by atoms with Crippen LogP contribution in [0.3, 0.4) is 0 Å². The standard InChI is InChI=1S/C27H39N3O.C4H10.C2H6/c1-8-12-13-19(5)23-15-14-22(9-2)26(16-23)29-21(7)28-18-24-17-27(31)30(20(24)6)25(10-3)11-4;1-3-4-2;1-2/h14-16,18,25H,5-6,8-13,17H2,1-4,7H3,(H,28,29);3-4H2,1-2H3;1-2H3/b24-18-;;. The lowest BCUT2D eigenvalue weighted by Crippen LogP contribution is -2.33. The highest BCUT2D eigenvalue weighted by molar-refractivity contribution is 5.95. The Labute approximate surface area is 229 Å². The van der Waals surface area contributed by atoms with Crippen LogP contribution in [0.5, 0.6) is 0 Å². The van der Waals surface area contributed by atoms with Gasteiger partial charge in [-0.25, -0.2) is 4.99 Å². The molecule has 0 atom stereocenters. The number of allylic oxidation sites excluding steroid dienone is 2. The molecule has 0 aliphatic carbocycles. The van der Waals surface area contributed by atoms with E-state index in [0.717, 1.165) is 54.9 Å². The first-order valence-corrected chi connectivity index (χ1v) is 14.6. The van der Waals surface area contributed by atoms with Crippen molar-refractivity contribution < 1.29 is 4.79 Å². The molecule has 1 aromatic carbocycles. The predicted octanol–water partition coefficient (Wildman–Crippen LogP) is 9.93. The Morgan fingerprint density at radius 1 is 1.08 bits per heavy atom. The highest BCUT2D eigenvalue weighted by Gasteiger charge is 2.32. The Morgan fingerprint density at radius 2 is 1.70 bits per heavy atom. The van der Waals surface area contributed by atoms with Crippen molar-refractivity contribution in [2.45, 2.75) is 126 Å². The van der Waals surface area contributed by atoms with E-state index < -0.39 is 0 Å². The third-order valence-electron chi connectivity index (χ3n) is 6.54. The van der Waals surface area contributed by atoms with Gasteiger partial charge in [-0.1, -0.05) is 99.9 Å². The molecule has 0 saturated carbocycles. The fourth-order valence-corrected chi connectivity index (χ4v) is 4.01. The molecule has 1 fully saturated rings. The summed E-state index contributed by atoms with van der Waals surface area (Å²) in [6, 6.07) is 6.73. The van der Waals surface area contributed by atoms with Gasteiger partial charge in [0.15, 0.2) is 0 Å². The van der Waals surface area contributed by atoms with Crippen molar-refractivity contribution >= 4 is 23.0 Å². The first-order valence-electron chi connectivity index (χ1n) is 14.6. The maximum Gasteiger partial charge on any atom is 0.231 e. The van der Waals surface area contributed by atoms with E-state index in [-0.39, 0.29) is 11.9 Å². The second-order valence-electron chi connectivity index (χ2n) is 9.28. The fraction of sp³-hybridized carbons (Fsp3) is 0.576. The molecule has 4 nitrogen and oxygen atoms in total. The number of nitrogens with zero attached hydrogens (tertiary/aromatic N) is 2. The van der Waals surface area contributed by atoms with E-state index in [9.17, 15) is 4.79 Å². The number of amides is 1. The molecule has 1 saturated heterocycles. The van der Waals surface area contributed by atoms with Crippen LogP contribution in [-0.2, 0) is 11.2 Å². The Hall–Kier alpha value is -2.62. The zero-order valence-corrected chi connectivity index (χ0v) is 25.5. The van der Waals surface area contributed by atoms with Gasteiger partial charge in [0.05, 0.1) is 6.42 Å². The van der Waals surface area contributed by atoms with Gasteiger partial charge in [-0.3, -0.25) is 4.79 Å². The van der Waals surface area contributed by atoms with E-state index in [1.165, 1.54) is 36.0 Å². The van der Waals surface area contributed by atoms with Crippen LogP contribution in [0.2, 0.25) is 0 Å². The van der Waals surface area contributed by atoms with Crippen molar-refractivity contribution in [3.63, 3.8) is 0 Å². The SMILES string of the molecule is C=C(CCCC)c1ccc(CC)c(NC(C)=N/C=C2/CC(=O)N(C(CC)CC)C2=C)c1.CC.CCCC. The molecule has 4 heteroatoms. The van der Waals surface area contributed by atoms with Crippen LogP contribution in [0.1, 0.15) is 125 Å². The van der Waals surface area contributed by atoms with Crippen LogP contribution in [0, 0.1) is 0 Å². The number of nitrogens with one attached hydrogen (secondary N) is 1. The molecule has 37 heavy (non-hydrogen) atoms. The van der Waals surface area contributed by atoms with Gasteiger partial charge in [-0.2, -0.15) is 0 Å². The van der Waals surface area contributed by atoms with E-state index in [4.69, 9.17) is 0 Å².